The molecule has 0 aliphatic heterocycles. The standard InChI is InChI=1S/C15H23N5/c1-13(2)16-11-7-4-8-12-20-18-15(17-19-20)14-9-5-3-6-10-14/h3,5-6,9-10,13,16H,4,7-8,11-12H2,1-2H3. The fourth-order valence-corrected chi connectivity index (χ4v) is 1.99. The molecule has 0 aliphatic carbocycles. The number of aromatic nitrogens is 4. The Morgan fingerprint density at radius 1 is 1.10 bits per heavy atom. The Labute approximate surface area is 120 Å². The van der Waals surface area contributed by atoms with Gasteiger partial charge in [-0.1, -0.05) is 50.6 Å². The van der Waals surface area contributed by atoms with Crippen LogP contribution in [0.25, 0.3) is 11.4 Å². The third kappa shape index (κ3) is 4.74. The molecule has 1 aromatic heterocycles. The molecular weight excluding hydrogens is 250 g/mol. The van der Waals surface area contributed by atoms with Crippen molar-refractivity contribution >= 4 is 0 Å². The second-order valence-electron chi connectivity index (χ2n) is 5.24. The van der Waals surface area contributed by atoms with Gasteiger partial charge >= 0.3 is 0 Å². The summed E-state index contributed by atoms with van der Waals surface area (Å²) in [5.41, 5.74) is 1.01. The zero-order valence-electron chi connectivity index (χ0n) is 12.3. The lowest BCUT2D eigenvalue weighted by Gasteiger charge is -2.06. The molecule has 20 heavy (non-hydrogen) atoms. The first-order valence-electron chi connectivity index (χ1n) is 7.32. The highest BCUT2D eigenvalue weighted by Crippen LogP contribution is 2.11. The highest BCUT2D eigenvalue weighted by Gasteiger charge is 2.04. The monoisotopic (exact) mass is 273 g/mol. The van der Waals surface area contributed by atoms with Gasteiger partial charge in [0, 0.05) is 11.6 Å². The molecule has 1 heterocycles. The average molecular weight is 273 g/mol. The Hall–Kier alpha value is -1.75. The van der Waals surface area contributed by atoms with Crippen LogP contribution in [0.15, 0.2) is 30.3 Å². The summed E-state index contributed by atoms with van der Waals surface area (Å²) in [6.45, 7) is 6.26. The fourth-order valence-electron chi connectivity index (χ4n) is 1.99. The maximum absolute atomic E-state index is 4.41. The third-order valence-electron chi connectivity index (χ3n) is 3.07. The van der Waals surface area contributed by atoms with Crippen LogP contribution in [0.5, 0.6) is 0 Å². The van der Waals surface area contributed by atoms with E-state index in [-0.39, 0.29) is 0 Å². The van der Waals surface area contributed by atoms with Crippen molar-refractivity contribution in [2.75, 3.05) is 6.54 Å². The summed E-state index contributed by atoms with van der Waals surface area (Å²) in [7, 11) is 0. The maximum Gasteiger partial charge on any atom is 0.204 e. The smallest absolute Gasteiger partial charge is 0.204 e. The van der Waals surface area contributed by atoms with Gasteiger partial charge in [0.2, 0.25) is 5.82 Å². The lowest BCUT2D eigenvalue weighted by Crippen LogP contribution is -2.23. The van der Waals surface area contributed by atoms with E-state index in [1.807, 2.05) is 30.3 Å². The molecule has 1 aromatic carbocycles. The van der Waals surface area contributed by atoms with Crippen molar-refractivity contribution in [2.45, 2.75) is 45.7 Å². The predicted octanol–water partition coefficient (Wildman–Crippen LogP) is 2.51. The van der Waals surface area contributed by atoms with Crippen LogP contribution in [0.3, 0.4) is 0 Å². The quantitative estimate of drug-likeness (QED) is 0.751. The summed E-state index contributed by atoms with van der Waals surface area (Å²) in [4.78, 5) is 1.69. The number of aryl methyl sites for hydroxylation is 1. The van der Waals surface area contributed by atoms with E-state index in [0.717, 1.165) is 25.1 Å². The molecule has 0 bridgehead atoms. The van der Waals surface area contributed by atoms with E-state index in [0.29, 0.717) is 11.9 Å². The number of benzene rings is 1. The number of tetrazole rings is 1. The van der Waals surface area contributed by atoms with Gasteiger partial charge in [-0.25, -0.2) is 0 Å². The molecule has 5 nitrogen and oxygen atoms in total. The van der Waals surface area contributed by atoms with Crippen LogP contribution in [-0.2, 0) is 6.54 Å². The van der Waals surface area contributed by atoms with Crippen molar-refractivity contribution in [3.63, 3.8) is 0 Å². The van der Waals surface area contributed by atoms with E-state index in [1.165, 1.54) is 12.8 Å². The molecule has 108 valence electrons. The molecule has 0 unspecified atom stereocenters. The maximum atomic E-state index is 4.41. The van der Waals surface area contributed by atoms with Crippen LogP contribution in [-0.4, -0.2) is 32.8 Å². The Morgan fingerprint density at radius 3 is 2.65 bits per heavy atom. The van der Waals surface area contributed by atoms with Crippen molar-refractivity contribution in [2.24, 2.45) is 0 Å². The van der Waals surface area contributed by atoms with Crippen molar-refractivity contribution in [1.29, 1.82) is 0 Å². The van der Waals surface area contributed by atoms with E-state index in [2.05, 4.69) is 34.6 Å². The Balaban J connectivity index is 1.71. The average Bonchev–Trinajstić information content (AvgIpc) is 2.92. The van der Waals surface area contributed by atoms with E-state index in [1.54, 1.807) is 4.80 Å². The zero-order valence-corrected chi connectivity index (χ0v) is 12.3. The van der Waals surface area contributed by atoms with E-state index >= 15 is 0 Å². The normalized spacial score (nSPS) is 11.2. The topological polar surface area (TPSA) is 55.6 Å². The van der Waals surface area contributed by atoms with Crippen LogP contribution in [0.1, 0.15) is 33.1 Å². The van der Waals surface area contributed by atoms with Gasteiger partial charge in [0.25, 0.3) is 0 Å². The molecule has 0 amide bonds. The highest BCUT2D eigenvalue weighted by molar-refractivity contribution is 5.52. The lowest BCUT2D eigenvalue weighted by atomic mass is 10.2. The van der Waals surface area contributed by atoms with Crippen molar-refractivity contribution < 1.29 is 0 Å². The molecule has 2 rings (SSSR count). The number of hydrogen-bond acceptors (Lipinski definition) is 4. The summed E-state index contributed by atoms with van der Waals surface area (Å²) < 4.78 is 0. The van der Waals surface area contributed by atoms with Gasteiger partial charge < -0.3 is 5.32 Å². The first-order valence-corrected chi connectivity index (χ1v) is 7.32. The highest BCUT2D eigenvalue weighted by atomic mass is 15.6. The van der Waals surface area contributed by atoms with Crippen LogP contribution >= 0.6 is 0 Å². The van der Waals surface area contributed by atoms with Crippen LogP contribution < -0.4 is 5.32 Å². The Bertz CT molecular complexity index is 492. The van der Waals surface area contributed by atoms with Crippen molar-refractivity contribution in [1.82, 2.24) is 25.5 Å². The molecule has 0 atom stereocenters. The molecule has 2 aromatic rings. The SMILES string of the molecule is CC(C)NCCCCCn1nnc(-c2ccccc2)n1. The fraction of sp³-hybridized carbons (Fsp3) is 0.533. The van der Waals surface area contributed by atoms with Gasteiger partial charge in [-0.15, -0.1) is 10.2 Å². The van der Waals surface area contributed by atoms with E-state index in [9.17, 15) is 0 Å². The molecule has 5 heteroatoms. The van der Waals surface area contributed by atoms with E-state index in [4.69, 9.17) is 0 Å². The molecule has 0 aliphatic rings. The largest absolute Gasteiger partial charge is 0.315 e. The van der Waals surface area contributed by atoms with Gasteiger partial charge in [-0.3, -0.25) is 0 Å². The summed E-state index contributed by atoms with van der Waals surface area (Å²) in [5, 5.41) is 16.0. The van der Waals surface area contributed by atoms with Crippen LogP contribution in [0, 0.1) is 0 Å². The van der Waals surface area contributed by atoms with Gasteiger partial charge in [-0.05, 0) is 24.6 Å². The summed E-state index contributed by atoms with van der Waals surface area (Å²) in [6.07, 6.45) is 3.46. The Kier molecular flexibility index (Phi) is 5.68. The third-order valence-corrected chi connectivity index (χ3v) is 3.07. The Morgan fingerprint density at radius 2 is 1.90 bits per heavy atom. The second kappa shape index (κ2) is 7.75. The minimum Gasteiger partial charge on any atom is -0.315 e. The van der Waals surface area contributed by atoms with Gasteiger partial charge in [0.05, 0.1) is 6.54 Å². The molecule has 0 saturated heterocycles. The molecule has 0 radical (unpaired) electrons. The first-order chi connectivity index (χ1) is 9.75. The van der Waals surface area contributed by atoms with Gasteiger partial charge in [0.1, 0.15) is 0 Å². The second-order valence-corrected chi connectivity index (χ2v) is 5.24. The van der Waals surface area contributed by atoms with Crippen molar-refractivity contribution in [3.05, 3.63) is 30.3 Å². The van der Waals surface area contributed by atoms with Gasteiger partial charge in [0.15, 0.2) is 0 Å². The number of hydrogen-bond donors (Lipinski definition) is 1. The molecular formula is C15H23N5. The van der Waals surface area contributed by atoms with E-state index < -0.39 is 0 Å². The number of rotatable bonds is 8. The van der Waals surface area contributed by atoms with Crippen LogP contribution in [0.2, 0.25) is 0 Å². The summed E-state index contributed by atoms with van der Waals surface area (Å²) in [5.74, 6) is 0.701. The molecule has 0 spiro atoms. The summed E-state index contributed by atoms with van der Waals surface area (Å²) >= 11 is 0. The first kappa shape index (κ1) is 14.7. The van der Waals surface area contributed by atoms with Crippen LogP contribution in [0.4, 0.5) is 0 Å². The molecule has 0 fully saturated rings. The molecule has 1 N–H and O–H groups in total. The zero-order chi connectivity index (χ0) is 14.2. The number of nitrogens with one attached hydrogen (secondary N) is 1. The molecule has 0 saturated carbocycles. The predicted molar refractivity (Wildman–Crippen MR) is 80.2 cm³/mol. The number of unbranched alkanes of at least 4 members (excludes halogenated alkanes) is 2. The van der Waals surface area contributed by atoms with Crippen molar-refractivity contribution in [3.8, 4) is 11.4 Å². The minimum absolute atomic E-state index is 0.570. The summed E-state index contributed by atoms with van der Waals surface area (Å²) in [6, 6.07) is 10.5. The van der Waals surface area contributed by atoms with Gasteiger partial charge in [-0.2, -0.15) is 4.80 Å². The number of nitrogens with zero attached hydrogens (tertiary/aromatic N) is 4. The lowest BCUT2D eigenvalue weighted by molar-refractivity contribution is 0.470. The minimum atomic E-state index is 0.570.